The third kappa shape index (κ3) is 8.34. The Bertz CT molecular complexity index is 86.9. The summed E-state index contributed by atoms with van der Waals surface area (Å²) in [5.74, 6) is 1.82. The van der Waals surface area contributed by atoms with Gasteiger partial charge in [0.1, 0.15) is 0 Å². The molecule has 68 valence electrons. The zero-order chi connectivity index (χ0) is 8.85. The molecule has 0 saturated carbocycles. The predicted molar refractivity (Wildman–Crippen MR) is 56.9 cm³/mol. The Kier molecular flexibility index (Phi) is 6.24. The molecule has 2 atom stereocenters. The predicted octanol–water partition coefficient (Wildman–Crippen LogP) is 3.76. The molecule has 0 aromatic carbocycles. The van der Waals surface area contributed by atoms with Gasteiger partial charge in [-0.25, -0.2) is 0 Å². The van der Waals surface area contributed by atoms with Crippen LogP contribution in [-0.4, -0.2) is 11.8 Å². The molecule has 0 spiro atoms. The minimum Gasteiger partial charge on any atom is -0.119 e. The maximum Gasteiger partial charge on any atom is -0.0293 e. The smallest absolute Gasteiger partial charge is 0.0293 e. The Hall–Kier alpha value is 0.430. The van der Waals surface area contributed by atoms with Crippen LogP contribution in [0.2, 0.25) is 0 Å². The third-order valence-corrected chi connectivity index (χ3v) is 3.50. The summed E-state index contributed by atoms with van der Waals surface area (Å²) in [5.41, 5.74) is 0.907. The molecule has 0 aliphatic rings. The van der Waals surface area contributed by atoms with Crippen molar-refractivity contribution >= 4 is 8.58 Å². The minimum atomic E-state index is 0.877. The molecule has 0 bridgehead atoms. The van der Waals surface area contributed by atoms with Gasteiger partial charge in [-0.2, -0.15) is 0 Å². The first-order valence-electron chi connectivity index (χ1n) is 4.75. The topological polar surface area (TPSA) is 0 Å². The van der Waals surface area contributed by atoms with Crippen molar-refractivity contribution in [2.45, 2.75) is 46.7 Å². The molecule has 11 heavy (non-hydrogen) atoms. The van der Waals surface area contributed by atoms with Crippen LogP contribution in [0.25, 0.3) is 0 Å². The van der Waals surface area contributed by atoms with Crippen LogP contribution in [0.1, 0.15) is 41.0 Å². The fourth-order valence-corrected chi connectivity index (χ4v) is 2.37. The second kappa shape index (κ2) is 6.00. The molecule has 0 radical (unpaired) electrons. The Morgan fingerprint density at radius 1 is 1.00 bits per heavy atom. The quantitative estimate of drug-likeness (QED) is 0.557. The molecular formula is C10H23P. The van der Waals surface area contributed by atoms with E-state index in [1.165, 1.54) is 21.2 Å². The van der Waals surface area contributed by atoms with Gasteiger partial charge >= 0.3 is 0 Å². The first-order valence-corrected chi connectivity index (χ1v) is 6.04. The number of hydrogen-bond donors (Lipinski definition) is 0. The fraction of sp³-hybridized carbons (Fsp3) is 1.00. The second-order valence-electron chi connectivity index (χ2n) is 4.30. The SMILES string of the molecule is CC(C)CC(C)CPC(C)C. The molecule has 0 amide bonds. The van der Waals surface area contributed by atoms with E-state index in [0.717, 1.165) is 17.5 Å². The Balaban J connectivity index is 3.29. The monoisotopic (exact) mass is 174 g/mol. The van der Waals surface area contributed by atoms with E-state index in [9.17, 15) is 0 Å². The van der Waals surface area contributed by atoms with Crippen LogP contribution in [0.4, 0.5) is 0 Å². The lowest BCUT2D eigenvalue weighted by Crippen LogP contribution is -2.03. The molecule has 0 fully saturated rings. The highest BCUT2D eigenvalue weighted by molar-refractivity contribution is 7.38. The molecule has 1 heteroatoms. The van der Waals surface area contributed by atoms with Gasteiger partial charge in [0.2, 0.25) is 0 Å². The summed E-state index contributed by atoms with van der Waals surface area (Å²) in [7, 11) is 1.17. The fourth-order valence-electron chi connectivity index (χ4n) is 1.32. The largest absolute Gasteiger partial charge is 0.119 e. The highest BCUT2D eigenvalue weighted by Gasteiger charge is 2.05. The van der Waals surface area contributed by atoms with Crippen LogP contribution < -0.4 is 0 Å². The molecule has 0 saturated heterocycles. The van der Waals surface area contributed by atoms with Crippen LogP contribution >= 0.6 is 8.58 Å². The zero-order valence-electron chi connectivity index (χ0n) is 8.65. The summed E-state index contributed by atoms with van der Waals surface area (Å²) >= 11 is 0. The maximum atomic E-state index is 2.38. The summed E-state index contributed by atoms with van der Waals surface area (Å²) in [4.78, 5) is 0. The lowest BCUT2D eigenvalue weighted by Gasteiger charge is -2.14. The van der Waals surface area contributed by atoms with E-state index >= 15 is 0 Å². The van der Waals surface area contributed by atoms with Crippen molar-refractivity contribution < 1.29 is 0 Å². The van der Waals surface area contributed by atoms with E-state index in [1.807, 2.05) is 0 Å². The molecule has 0 aromatic heterocycles. The Labute approximate surface area is 73.9 Å². The molecule has 0 N–H and O–H groups in total. The normalized spacial score (nSPS) is 15.5. The summed E-state index contributed by atoms with van der Waals surface area (Å²) in [6.45, 7) is 11.7. The molecule has 0 aliphatic heterocycles. The van der Waals surface area contributed by atoms with Crippen LogP contribution in [0.3, 0.4) is 0 Å². The molecule has 0 aromatic rings. The van der Waals surface area contributed by atoms with Crippen LogP contribution in [0, 0.1) is 11.8 Å². The standard InChI is InChI=1S/C10H23P/c1-8(2)6-10(5)7-11-9(3)4/h8-11H,6-7H2,1-5H3. The Morgan fingerprint density at radius 2 is 1.55 bits per heavy atom. The lowest BCUT2D eigenvalue weighted by molar-refractivity contribution is 0.473. The van der Waals surface area contributed by atoms with E-state index in [0.29, 0.717) is 0 Å². The summed E-state index contributed by atoms with van der Waals surface area (Å²) < 4.78 is 0. The zero-order valence-corrected chi connectivity index (χ0v) is 9.65. The average Bonchev–Trinajstić information content (AvgIpc) is 1.82. The van der Waals surface area contributed by atoms with Gasteiger partial charge in [-0.15, -0.1) is 8.58 Å². The van der Waals surface area contributed by atoms with Crippen molar-refractivity contribution in [3.8, 4) is 0 Å². The van der Waals surface area contributed by atoms with Crippen molar-refractivity contribution in [1.82, 2.24) is 0 Å². The van der Waals surface area contributed by atoms with Gasteiger partial charge in [0, 0.05) is 0 Å². The molecule has 0 aliphatic carbocycles. The molecular weight excluding hydrogens is 151 g/mol. The van der Waals surface area contributed by atoms with Crippen molar-refractivity contribution in [1.29, 1.82) is 0 Å². The van der Waals surface area contributed by atoms with Crippen molar-refractivity contribution in [3.05, 3.63) is 0 Å². The molecule has 0 nitrogen and oxygen atoms in total. The molecule has 0 heterocycles. The first-order chi connectivity index (χ1) is 5.02. The average molecular weight is 174 g/mol. The van der Waals surface area contributed by atoms with Gasteiger partial charge in [-0.3, -0.25) is 0 Å². The lowest BCUT2D eigenvalue weighted by atomic mass is 10.0. The van der Waals surface area contributed by atoms with E-state index in [-0.39, 0.29) is 0 Å². The van der Waals surface area contributed by atoms with Gasteiger partial charge in [-0.1, -0.05) is 34.6 Å². The van der Waals surface area contributed by atoms with Gasteiger partial charge in [0.25, 0.3) is 0 Å². The van der Waals surface area contributed by atoms with E-state index < -0.39 is 0 Å². The maximum absolute atomic E-state index is 2.38. The third-order valence-electron chi connectivity index (χ3n) is 1.75. The molecule has 0 rings (SSSR count). The van der Waals surface area contributed by atoms with Crippen LogP contribution in [-0.2, 0) is 0 Å². The first kappa shape index (κ1) is 11.4. The summed E-state index contributed by atoms with van der Waals surface area (Å²) in [6.07, 6.45) is 2.84. The van der Waals surface area contributed by atoms with Crippen LogP contribution in [0.15, 0.2) is 0 Å². The van der Waals surface area contributed by atoms with E-state index in [2.05, 4.69) is 34.6 Å². The minimum absolute atomic E-state index is 0.877. The van der Waals surface area contributed by atoms with Gasteiger partial charge in [0.15, 0.2) is 0 Å². The second-order valence-corrected chi connectivity index (χ2v) is 6.27. The summed E-state index contributed by atoms with van der Waals surface area (Å²) in [6, 6.07) is 0. The van der Waals surface area contributed by atoms with Gasteiger partial charge in [0.05, 0.1) is 0 Å². The van der Waals surface area contributed by atoms with Crippen LogP contribution in [0.5, 0.6) is 0 Å². The van der Waals surface area contributed by atoms with Gasteiger partial charge in [-0.05, 0) is 30.1 Å². The van der Waals surface area contributed by atoms with Gasteiger partial charge < -0.3 is 0 Å². The van der Waals surface area contributed by atoms with Crippen molar-refractivity contribution in [2.24, 2.45) is 11.8 Å². The summed E-state index contributed by atoms with van der Waals surface area (Å²) in [5, 5.41) is 0. The number of rotatable bonds is 5. The van der Waals surface area contributed by atoms with Crippen molar-refractivity contribution in [2.75, 3.05) is 6.16 Å². The van der Waals surface area contributed by atoms with Crippen molar-refractivity contribution in [3.63, 3.8) is 0 Å². The Morgan fingerprint density at radius 3 is 1.91 bits per heavy atom. The highest BCUT2D eigenvalue weighted by Crippen LogP contribution is 2.24. The van der Waals surface area contributed by atoms with E-state index in [1.54, 1.807) is 0 Å². The number of hydrogen-bond acceptors (Lipinski definition) is 0. The molecule has 2 unspecified atom stereocenters. The highest BCUT2D eigenvalue weighted by atomic mass is 31.1. The van der Waals surface area contributed by atoms with E-state index in [4.69, 9.17) is 0 Å².